The molecule has 0 amide bonds. The number of hydrogen-bond acceptors (Lipinski definition) is 2. The molecule has 84 valence electrons. The summed E-state index contributed by atoms with van der Waals surface area (Å²) < 4.78 is 5.05. The second-order valence-corrected chi connectivity index (χ2v) is 3.85. The highest BCUT2D eigenvalue weighted by molar-refractivity contribution is 5.37. The Morgan fingerprint density at radius 1 is 1.00 bits per heavy atom. The molecule has 2 nitrogen and oxygen atoms in total. The van der Waals surface area contributed by atoms with Crippen LogP contribution in [0.4, 0.5) is 0 Å². The molecule has 0 heterocycles. The van der Waals surface area contributed by atoms with Crippen molar-refractivity contribution in [3.63, 3.8) is 0 Å². The fourth-order valence-electron chi connectivity index (χ4n) is 1.60. The van der Waals surface area contributed by atoms with Gasteiger partial charge in [-0.3, -0.25) is 4.79 Å². The van der Waals surface area contributed by atoms with Gasteiger partial charge in [0.2, 0.25) is 0 Å². The number of hydrogen-bond donors (Lipinski definition) is 0. The van der Waals surface area contributed by atoms with Crippen LogP contribution in [0.5, 0.6) is 0 Å². The van der Waals surface area contributed by atoms with Crippen molar-refractivity contribution in [2.75, 3.05) is 0 Å². The first-order valence-electron chi connectivity index (χ1n) is 5.94. The van der Waals surface area contributed by atoms with Crippen LogP contribution in [0, 0.1) is 0 Å². The minimum atomic E-state index is 0.172. The molecule has 0 aromatic heterocycles. The lowest BCUT2D eigenvalue weighted by Gasteiger charge is -2.14. The van der Waals surface area contributed by atoms with Gasteiger partial charge in [0.05, 0.1) is 0 Å². The number of ether oxygens (including phenoxy) is 1. The highest BCUT2D eigenvalue weighted by Gasteiger charge is 2.07. The van der Waals surface area contributed by atoms with Crippen molar-refractivity contribution in [1.29, 1.82) is 0 Å². The minimum absolute atomic E-state index is 0.172. The van der Waals surface area contributed by atoms with E-state index in [2.05, 4.69) is 13.8 Å². The Balaban J connectivity index is 3.49. The highest BCUT2D eigenvalue weighted by atomic mass is 16.5. The summed E-state index contributed by atoms with van der Waals surface area (Å²) in [5, 5.41) is 0. The van der Waals surface area contributed by atoms with Crippen LogP contribution >= 0.6 is 0 Å². The molecule has 0 rings (SSSR count). The monoisotopic (exact) mass is 200 g/mol. The summed E-state index contributed by atoms with van der Waals surface area (Å²) >= 11 is 0. The Kier molecular flexibility index (Phi) is 10.2. The lowest BCUT2D eigenvalue weighted by molar-refractivity contribution is -0.134. The van der Waals surface area contributed by atoms with Crippen LogP contribution in [0.15, 0.2) is 0 Å². The van der Waals surface area contributed by atoms with Gasteiger partial charge in [0.25, 0.3) is 6.47 Å². The molecule has 0 N–H and O–H groups in total. The maximum absolute atomic E-state index is 10.3. The summed E-state index contributed by atoms with van der Waals surface area (Å²) in [7, 11) is 0. The third kappa shape index (κ3) is 8.09. The Hall–Kier alpha value is -0.530. The lowest BCUT2D eigenvalue weighted by Crippen LogP contribution is -2.11. The molecule has 0 saturated heterocycles. The van der Waals surface area contributed by atoms with Crippen LogP contribution in [0.1, 0.15) is 65.2 Å². The third-order valence-electron chi connectivity index (χ3n) is 2.51. The molecule has 0 aliphatic heterocycles. The van der Waals surface area contributed by atoms with Crippen molar-refractivity contribution < 1.29 is 9.53 Å². The fourth-order valence-corrected chi connectivity index (χ4v) is 1.60. The van der Waals surface area contributed by atoms with Gasteiger partial charge in [-0.15, -0.1) is 0 Å². The van der Waals surface area contributed by atoms with Crippen molar-refractivity contribution in [1.82, 2.24) is 0 Å². The van der Waals surface area contributed by atoms with Crippen molar-refractivity contribution in [2.24, 2.45) is 0 Å². The predicted molar refractivity (Wildman–Crippen MR) is 59.2 cm³/mol. The van der Waals surface area contributed by atoms with Crippen molar-refractivity contribution >= 4 is 6.47 Å². The molecule has 2 heteroatoms. The molecule has 0 saturated carbocycles. The second-order valence-electron chi connectivity index (χ2n) is 3.85. The van der Waals surface area contributed by atoms with E-state index in [0.717, 1.165) is 12.8 Å². The Labute approximate surface area is 88.0 Å². The summed E-state index contributed by atoms with van der Waals surface area (Å²) in [4.78, 5) is 10.3. The van der Waals surface area contributed by atoms with Crippen LogP contribution in [0.3, 0.4) is 0 Å². The quantitative estimate of drug-likeness (QED) is 0.397. The fraction of sp³-hybridized carbons (Fsp3) is 0.917. The second kappa shape index (κ2) is 10.6. The zero-order valence-corrected chi connectivity index (χ0v) is 9.63. The van der Waals surface area contributed by atoms with Crippen molar-refractivity contribution in [2.45, 2.75) is 71.3 Å². The minimum Gasteiger partial charge on any atom is -0.465 e. The van der Waals surface area contributed by atoms with Gasteiger partial charge in [-0.05, 0) is 25.7 Å². The molecule has 0 spiro atoms. The topological polar surface area (TPSA) is 26.3 Å². The van der Waals surface area contributed by atoms with E-state index in [1.807, 2.05) is 0 Å². The zero-order chi connectivity index (χ0) is 10.6. The first-order chi connectivity index (χ1) is 6.85. The standard InChI is InChI=1S/C12H24O2/c1-3-5-7-9-12(14-11-13)10-8-6-4-2/h11-12H,3-10H2,1-2H3. The molecule has 0 aliphatic rings. The average molecular weight is 200 g/mol. The number of rotatable bonds is 10. The average Bonchev–Trinajstić information content (AvgIpc) is 2.18. The molecule has 0 fully saturated rings. The Morgan fingerprint density at radius 3 is 1.86 bits per heavy atom. The lowest BCUT2D eigenvalue weighted by atomic mass is 10.0. The third-order valence-corrected chi connectivity index (χ3v) is 2.51. The van der Waals surface area contributed by atoms with Gasteiger partial charge in [-0.1, -0.05) is 39.5 Å². The summed E-state index contributed by atoms with van der Waals surface area (Å²) in [6.07, 6.45) is 9.55. The molecule has 0 atom stereocenters. The largest absolute Gasteiger partial charge is 0.465 e. The molecule has 0 radical (unpaired) electrons. The van der Waals surface area contributed by atoms with Crippen LogP contribution in [-0.4, -0.2) is 12.6 Å². The SMILES string of the molecule is CCCCCC(CCCCC)OC=O. The summed E-state index contributed by atoms with van der Waals surface area (Å²) in [6.45, 7) is 4.97. The number of carbonyl (C=O) groups is 1. The Bertz CT molecular complexity index is 113. The van der Waals surface area contributed by atoms with E-state index >= 15 is 0 Å². The van der Waals surface area contributed by atoms with Crippen LogP contribution in [0.2, 0.25) is 0 Å². The smallest absolute Gasteiger partial charge is 0.293 e. The molecule has 0 unspecified atom stereocenters. The maximum Gasteiger partial charge on any atom is 0.293 e. The molecule has 0 aromatic rings. The van der Waals surface area contributed by atoms with Crippen LogP contribution < -0.4 is 0 Å². The van der Waals surface area contributed by atoms with Crippen molar-refractivity contribution in [3.8, 4) is 0 Å². The predicted octanol–water partition coefficient (Wildman–Crippen LogP) is 3.69. The van der Waals surface area contributed by atoms with E-state index in [9.17, 15) is 4.79 Å². The first kappa shape index (κ1) is 13.5. The molecular formula is C12H24O2. The highest BCUT2D eigenvalue weighted by Crippen LogP contribution is 2.13. The van der Waals surface area contributed by atoms with Gasteiger partial charge in [-0.25, -0.2) is 0 Å². The zero-order valence-electron chi connectivity index (χ0n) is 9.63. The van der Waals surface area contributed by atoms with Gasteiger partial charge in [0.15, 0.2) is 0 Å². The van der Waals surface area contributed by atoms with Crippen molar-refractivity contribution in [3.05, 3.63) is 0 Å². The van der Waals surface area contributed by atoms with Gasteiger partial charge < -0.3 is 4.74 Å². The Morgan fingerprint density at radius 2 is 1.50 bits per heavy atom. The van der Waals surface area contributed by atoms with Crippen LogP contribution in [-0.2, 0) is 9.53 Å². The normalized spacial score (nSPS) is 10.5. The van der Waals surface area contributed by atoms with Gasteiger partial charge in [-0.2, -0.15) is 0 Å². The van der Waals surface area contributed by atoms with E-state index in [1.165, 1.54) is 38.5 Å². The van der Waals surface area contributed by atoms with E-state index in [0.29, 0.717) is 6.47 Å². The first-order valence-corrected chi connectivity index (χ1v) is 5.94. The molecule has 0 bridgehead atoms. The van der Waals surface area contributed by atoms with Crippen LogP contribution in [0.25, 0.3) is 0 Å². The molecular weight excluding hydrogens is 176 g/mol. The maximum atomic E-state index is 10.3. The van der Waals surface area contributed by atoms with E-state index in [-0.39, 0.29) is 6.10 Å². The van der Waals surface area contributed by atoms with Gasteiger partial charge in [0.1, 0.15) is 6.10 Å². The summed E-state index contributed by atoms with van der Waals surface area (Å²) in [6, 6.07) is 0. The molecule has 14 heavy (non-hydrogen) atoms. The van der Waals surface area contributed by atoms with E-state index < -0.39 is 0 Å². The molecule has 0 aromatic carbocycles. The van der Waals surface area contributed by atoms with Gasteiger partial charge in [0, 0.05) is 0 Å². The van der Waals surface area contributed by atoms with E-state index in [1.54, 1.807) is 0 Å². The number of carbonyl (C=O) groups excluding carboxylic acids is 1. The number of unbranched alkanes of at least 4 members (excludes halogenated alkanes) is 4. The summed E-state index contributed by atoms with van der Waals surface area (Å²) in [5.74, 6) is 0. The summed E-state index contributed by atoms with van der Waals surface area (Å²) in [5.41, 5.74) is 0. The van der Waals surface area contributed by atoms with E-state index in [4.69, 9.17) is 4.74 Å². The van der Waals surface area contributed by atoms with Gasteiger partial charge >= 0.3 is 0 Å². The molecule has 0 aliphatic carbocycles.